The minimum Gasteiger partial charge on any atom is -0.497 e. The summed E-state index contributed by atoms with van der Waals surface area (Å²) in [7, 11) is 1.69. The van der Waals surface area contributed by atoms with Gasteiger partial charge in [0.1, 0.15) is 5.75 Å². The van der Waals surface area contributed by atoms with Crippen LogP contribution in [0.4, 0.5) is 0 Å². The lowest BCUT2D eigenvalue weighted by molar-refractivity contribution is -0.147. The Kier molecular flexibility index (Phi) is 5.05. The van der Waals surface area contributed by atoms with Gasteiger partial charge in [0, 0.05) is 0 Å². The average molecular weight is 288 g/mol. The van der Waals surface area contributed by atoms with Crippen molar-refractivity contribution in [2.24, 2.45) is 5.92 Å². The minimum absolute atomic E-state index is 0.0337. The Morgan fingerprint density at radius 2 is 2.10 bits per heavy atom. The fourth-order valence-corrected chi connectivity index (χ4v) is 2.65. The second-order valence-electron chi connectivity index (χ2n) is 5.77. The summed E-state index contributed by atoms with van der Waals surface area (Å²) in [5.74, 6) is 1.20. The molecule has 1 atom stereocenters. The lowest BCUT2D eigenvalue weighted by atomic mass is 9.95. The van der Waals surface area contributed by atoms with Gasteiger partial charge in [-0.2, -0.15) is 0 Å². The van der Waals surface area contributed by atoms with Crippen molar-refractivity contribution >= 4 is 11.5 Å². The van der Waals surface area contributed by atoms with Crippen LogP contribution in [0.3, 0.4) is 0 Å². The summed E-state index contributed by atoms with van der Waals surface area (Å²) in [5, 5.41) is 0. The Bertz CT molecular complexity index is 543. The van der Waals surface area contributed by atoms with Crippen LogP contribution in [-0.2, 0) is 9.53 Å². The molecule has 0 aliphatic heterocycles. The monoisotopic (exact) mass is 288 g/mol. The van der Waals surface area contributed by atoms with Crippen molar-refractivity contribution in [3.8, 4) is 5.75 Å². The predicted octanol–water partition coefficient (Wildman–Crippen LogP) is 4.18. The second-order valence-corrected chi connectivity index (χ2v) is 5.77. The molecule has 21 heavy (non-hydrogen) atoms. The molecule has 2 rings (SSSR count). The molecule has 1 aromatic rings. The van der Waals surface area contributed by atoms with Crippen LogP contribution in [0, 0.1) is 5.92 Å². The van der Waals surface area contributed by atoms with Crippen LogP contribution in [0.1, 0.15) is 50.7 Å². The topological polar surface area (TPSA) is 35.5 Å². The van der Waals surface area contributed by atoms with Crippen LogP contribution in [0.15, 0.2) is 24.3 Å². The molecular weight excluding hydrogens is 264 g/mol. The molecule has 0 saturated carbocycles. The van der Waals surface area contributed by atoms with E-state index in [-0.39, 0.29) is 11.9 Å². The molecule has 0 aromatic heterocycles. The van der Waals surface area contributed by atoms with Crippen molar-refractivity contribution in [2.45, 2.75) is 39.5 Å². The van der Waals surface area contributed by atoms with Gasteiger partial charge in [-0.25, -0.2) is 0 Å². The van der Waals surface area contributed by atoms with Crippen LogP contribution in [0.5, 0.6) is 5.75 Å². The van der Waals surface area contributed by atoms with Gasteiger partial charge in [0.15, 0.2) is 0 Å². The highest BCUT2D eigenvalue weighted by molar-refractivity contribution is 5.80. The molecule has 1 aliphatic rings. The number of esters is 1. The number of methoxy groups -OCH3 is 1. The first-order chi connectivity index (χ1) is 10.0. The molecule has 1 aliphatic carbocycles. The molecule has 0 amide bonds. The van der Waals surface area contributed by atoms with E-state index in [2.05, 4.69) is 32.1 Å². The molecule has 0 saturated heterocycles. The van der Waals surface area contributed by atoms with E-state index >= 15 is 0 Å². The SMILES string of the molecule is CCOC(=O)C1CC=C(c2cc(OC)cc(C(C)C)c2)C1. The van der Waals surface area contributed by atoms with Gasteiger partial charge in [-0.05, 0) is 54.5 Å². The van der Waals surface area contributed by atoms with Crippen molar-refractivity contribution in [1.82, 2.24) is 0 Å². The zero-order valence-electron chi connectivity index (χ0n) is 13.3. The summed E-state index contributed by atoms with van der Waals surface area (Å²) >= 11 is 0. The lowest BCUT2D eigenvalue weighted by Gasteiger charge is -2.13. The normalized spacial score (nSPS) is 17.8. The van der Waals surface area contributed by atoms with Crippen molar-refractivity contribution in [2.75, 3.05) is 13.7 Å². The summed E-state index contributed by atoms with van der Waals surface area (Å²) in [5.41, 5.74) is 3.63. The van der Waals surface area contributed by atoms with Crippen LogP contribution in [0.25, 0.3) is 5.57 Å². The van der Waals surface area contributed by atoms with Crippen LogP contribution in [-0.4, -0.2) is 19.7 Å². The summed E-state index contributed by atoms with van der Waals surface area (Å²) in [4.78, 5) is 11.8. The van der Waals surface area contributed by atoms with Crippen molar-refractivity contribution < 1.29 is 14.3 Å². The van der Waals surface area contributed by atoms with Crippen molar-refractivity contribution in [3.63, 3.8) is 0 Å². The molecule has 114 valence electrons. The third kappa shape index (κ3) is 3.66. The van der Waals surface area contributed by atoms with Gasteiger partial charge < -0.3 is 9.47 Å². The molecule has 3 nitrogen and oxygen atoms in total. The average Bonchev–Trinajstić information content (AvgIpc) is 2.97. The largest absolute Gasteiger partial charge is 0.497 e. The maximum Gasteiger partial charge on any atom is 0.309 e. The number of carbonyl (C=O) groups excluding carboxylic acids is 1. The molecular formula is C18H24O3. The Hall–Kier alpha value is -1.77. The number of ether oxygens (including phenoxy) is 2. The molecule has 1 aromatic carbocycles. The first-order valence-corrected chi connectivity index (χ1v) is 7.60. The van der Waals surface area contributed by atoms with Crippen molar-refractivity contribution in [3.05, 3.63) is 35.4 Å². The van der Waals surface area contributed by atoms with E-state index in [1.807, 2.05) is 13.0 Å². The predicted molar refractivity (Wildman–Crippen MR) is 84.4 cm³/mol. The number of rotatable bonds is 5. The highest BCUT2D eigenvalue weighted by atomic mass is 16.5. The molecule has 0 bridgehead atoms. The number of hydrogen-bond acceptors (Lipinski definition) is 3. The summed E-state index contributed by atoms with van der Waals surface area (Å²) in [6.07, 6.45) is 3.67. The van der Waals surface area contributed by atoms with E-state index in [0.29, 0.717) is 12.5 Å². The smallest absolute Gasteiger partial charge is 0.309 e. The number of carbonyl (C=O) groups is 1. The highest BCUT2D eigenvalue weighted by Crippen LogP contribution is 2.36. The number of benzene rings is 1. The van der Waals surface area contributed by atoms with E-state index in [1.54, 1.807) is 7.11 Å². The maximum atomic E-state index is 11.8. The molecule has 0 heterocycles. The van der Waals surface area contributed by atoms with Crippen LogP contribution >= 0.6 is 0 Å². The Balaban J connectivity index is 2.19. The van der Waals surface area contributed by atoms with Gasteiger partial charge in [-0.15, -0.1) is 0 Å². The quantitative estimate of drug-likeness (QED) is 0.763. The minimum atomic E-state index is -0.0873. The molecule has 0 radical (unpaired) electrons. The first-order valence-electron chi connectivity index (χ1n) is 7.60. The summed E-state index contributed by atoms with van der Waals surface area (Å²) in [6, 6.07) is 6.32. The summed E-state index contributed by atoms with van der Waals surface area (Å²) < 4.78 is 10.5. The zero-order chi connectivity index (χ0) is 15.4. The van der Waals surface area contributed by atoms with Gasteiger partial charge in [-0.3, -0.25) is 4.79 Å². The van der Waals surface area contributed by atoms with Crippen LogP contribution < -0.4 is 4.74 Å². The molecule has 1 unspecified atom stereocenters. The van der Waals surface area contributed by atoms with Gasteiger partial charge in [0.2, 0.25) is 0 Å². The van der Waals surface area contributed by atoms with Gasteiger partial charge in [0.25, 0.3) is 0 Å². The third-order valence-electron chi connectivity index (χ3n) is 3.94. The number of hydrogen-bond donors (Lipinski definition) is 0. The fraction of sp³-hybridized carbons (Fsp3) is 0.500. The summed E-state index contributed by atoms with van der Waals surface area (Å²) in [6.45, 7) is 6.63. The molecule has 0 spiro atoms. The first kappa shape index (κ1) is 15.6. The van der Waals surface area contributed by atoms with E-state index < -0.39 is 0 Å². The Morgan fingerprint density at radius 3 is 2.71 bits per heavy atom. The van der Waals surface area contributed by atoms with Gasteiger partial charge >= 0.3 is 5.97 Å². The highest BCUT2D eigenvalue weighted by Gasteiger charge is 2.26. The zero-order valence-corrected chi connectivity index (χ0v) is 13.3. The van der Waals surface area contributed by atoms with Crippen molar-refractivity contribution in [1.29, 1.82) is 0 Å². The Labute approximate surface area is 127 Å². The molecule has 0 fully saturated rings. The van der Waals surface area contributed by atoms with Gasteiger partial charge in [-0.1, -0.05) is 26.0 Å². The molecule has 0 N–H and O–H groups in total. The van der Waals surface area contributed by atoms with Crippen LogP contribution in [0.2, 0.25) is 0 Å². The lowest BCUT2D eigenvalue weighted by Crippen LogP contribution is -2.14. The molecule has 3 heteroatoms. The Morgan fingerprint density at radius 1 is 1.33 bits per heavy atom. The van der Waals surface area contributed by atoms with E-state index in [0.717, 1.165) is 24.2 Å². The number of allylic oxidation sites excluding steroid dienone is 2. The van der Waals surface area contributed by atoms with E-state index in [4.69, 9.17) is 9.47 Å². The third-order valence-corrected chi connectivity index (χ3v) is 3.94. The second kappa shape index (κ2) is 6.79. The van der Waals surface area contributed by atoms with E-state index in [1.165, 1.54) is 11.1 Å². The van der Waals surface area contributed by atoms with E-state index in [9.17, 15) is 4.79 Å². The standard InChI is InChI=1S/C18H24O3/c1-5-21-18(19)14-7-6-13(8-14)16-9-15(12(2)3)10-17(11-16)20-4/h6,9-12,14H,5,7-8H2,1-4H3. The van der Waals surface area contributed by atoms with Gasteiger partial charge in [0.05, 0.1) is 19.6 Å². The fourth-order valence-electron chi connectivity index (χ4n) is 2.65. The maximum absolute atomic E-state index is 11.8.